The van der Waals surface area contributed by atoms with Crippen molar-refractivity contribution in [3.05, 3.63) is 36.1 Å². The van der Waals surface area contributed by atoms with Gasteiger partial charge in [-0.15, -0.1) is 0 Å². The molecule has 1 nitrogen and oxygen atoms in total. The van der Waals surface area contributed by atoms with Gasteiger partial charge < -0.3 is 5.11 Å². The van der Waals surface area contributed by atoms with Crippen LogP contribution in [0.5, 0.6) is 0 Å². The van der Waals surface area contributed by atoms with Gasteiger partial charge in [0.1, 0.15) is 5.76 Å². The monoisotopic (exact) mass is 124 g/mol. The van der Waals surface area contributed by atoms with Gasteiger partial charge in [-0.2, -0.15) is 0 Å². The highest BCUT2D eigenvalue weighted by Gasteiger charge is 1.77. The number of aliphatic hydroxyl groups excluding tert-OH is 1. The minimum absolute atomic E-state index is 0.0937. The van der Waals surface area contributed by atoms with E-state index in [1.54, 1.807) is 6.08 Å². The Hall–Kier alpha value is -0.980. The number of aliphatic hydroxyl groups is 1. The summed E-state index contributed by atoms with van der Waals surface area (Å²) in [5.74, 6) is 0.0937. The SMILES string of the molecule is C=C(O)/C=C\C(C)=C/C. The first-order valence-electron chi connectivity index (χ1n) is 2.85. The highest BCUT2D eigenvalue weighted by atomic mass is 16.3. The summed E-state index contributed by atoms with van der Waals surface area (Å²) in [5, 5.41) is 8.59. The topological polar surface area (TPSA) is 20.2 Å². The third-order valence-electron chi connectivity index (χ3n) is 0.994. The third kappa shape index (κ3) is 4.88. The van der Waals surface area contributed by atoms with Gasteiger partial charge in [0.15, 0.2) is 0 Å². The van der Waals surface area contributed by atoms with Crippen molar-refractivity contribution in [1.82, 2.24) is 0 Å². The molecule has 1 N–H and O–H groups in total. The predicted molar refractivity (Wildman–Crippen MR) is 40.3 cm³/mol. The average molecular weight is 124 g/mol. The zero-order chi connectivity index (χ0) is 7.28. The van der Waals surface area contributed by atoms with Gasteiger partial charge in [-0.1, -0.05) is 24.3 Å². The Balaban J connectivity index is 3.86. The van der Waals surface area contributed by atoms with E-state index < -0.39 is 0 Å². The van der Waals surface area contributed by atoms with Gasteiger partial charge in [-0.25, -0.2) is 0 Å². The number of hydrogen-bond acceptors (Lipinski definition) is 1. The first-order chi connectivity index (χ1) is 4.16. The number of allylic oxidation sites excluding steroid dienone is 4. The maximum absolute atomic E-state index is 8.59. The van der Waals surface area contributed by atoms with Crippen LogP contribution in [0.3, 0.4) is 0 Å². The van der Waals surface area contributed by atoms with Crippen LogP contribution < -0.4 is 0 Å². The molecule has 0 saturated carbocycles. The van der Waals surface area contributed by atoms with Crippen LogP contribution >= 0.6 is 0 Å². The Morgan fingerprint density at radius 3 is 2.33 bits per heavy atom. The van der Waals surface area contributed by atoms with E-state index in [-0.39, 0.29) is 5.76 Å². The molecule has 0 aliphatic rings. The molecule has 0 aromatic carbocycles. The molecule has 0 atom stereocenters. The van der Waals surface area contributed by atoms with Gasteiger partial charge in [0.2, 0.25) is 0 Å². The molecule has 0 bridgehead atoms. The van der Waals surface area contributed by atoms with Gasteiger partial charge in [-0.3, -0.25) is 0 Å². The Labute approximate surface area is 56.0 Å². The first-order valence-corrected chi connectivity index (χ1v) is 2.85. The molecule has 0 aromatic rings. The molecule has 0 spiro atoms. The van der Waals surface area contributed by atoms with Crippen LogP contribution in [0.1, 0.15) is 13.8 Å². The fourth-order valence-corrected chi connectivity index (χ4v) is 0.324. The van der Waals surface area contributed by atoms with Gasteiger partial charge in [0, 0.05) is 0 Å². The number of rotatable bonds is 2. The number of hydrogen-bond donors (Lipinski definition) is 1. The first kappa shape index (κ1) is 8.02. The highest BCUT2D eigenvalue weighted by Crippen LogP contribution is 1.95. The summed E-state index contributed by atoms with van der Waals surface area (Å²) in [6.07, 6.45) is 5.33. The van der Waals surface area contributed by atoms with Crippen molar-refractivity contribution in [3.63, 3.8) is 0 Å². The molecule has 0 saturated heterocycles. The van der Waals surface area contributed by atoms with Crippen LogP contribution in [-0.2, 0) is 0 Å². The van der Waals surface area contributed by atoms with Gasteiger partial charge in [0.05, 0.1) is 0 Å². The summed E-state index contributed by atoms with van der Waals surface area (Å²) < 4.78 is 0. The van der Waals surface area contributed by atoms with Crippen LogP contribution in [-0.4, -0.2) is 5.11 Å². The minimum atomic E-state index is 0.0937. The smallest absolute Gasteiger partial charge is 0.108 e. The van der Waals surface area contributed by atoms with Crippen LogP contribution in [0.25, 0.3) is 0 Å². The lowest BCUT2D eigenvalue weighted by molar-refractivity contribution is 0.435. The van der Waals surface area contributed by atoms with Crippen LogP contribution in [0.4, 0.5) is 0 Å². The lowest BCUT2D eigenvalue weighted by Crippen LogP contribution is -1.69. The van der Waals surface area contributed by atoms with Crippen molar-refractivity contribution in [2.75, 3.05) is 0 Å². The van der Waals surface area contributed by atoms with Crippen LogP contribution in [0.15, 0.2) is 36.1 Å². The van der Waals surface area contributed by atoms with Gasteiger partial charge in [-0.05, 0) is 19.9 Å². The summed E-state index contributed by atoms with van der Waals surface area (Å²) in [6, 6.07) is 0. The molecule has 0 fully saturated rings. The van der Waals surface area contributed by atoms with Crippen molar-refractivity contribution in [3.8, 4) is 0 Å². The van der Waals surface area contributed by atoms with Crippen molar-refractivity contribution in [2.45, 2.75) is 13.8 Å². The summed E-state index contributed by atoms with van der Waals surface area (Å²) >= 11 is 0. The largest absolute Gasteiger partial charge is 0.509 e. The Kier molecular flexibility index (Phi) is 3.52. The van der Waals surface area contributed by atoms with E-state index in [9.17, 15) is 0 Å². The highest BCUT2D eigenvalue weighted by molar-refractivity contribution is 5.20. The Morgan fingerprint density at radius 1 is 1.44 bits per heavy atom. The molecule has 50 valence electrons. The summed E-state index contributed by atoms with van der Waals surface area (Å²) in [6.45, 7) is 7.20. The van der Waals surface area contributed by atoms with E-state index in [0.717, 1.165) is 5.57 Å². The Bertz CT molecular complexity index is 152. The summed E-state index contributed by atoms with van der Waals surface area (Å²) in [7, 11) is 0. The predicted octanol–water partition coefficient (Wildman–Crippen LogP) is 2.58. The molecule has 0 rings (SSSR count). The van der Waals surface area contributed by atoms with Gasteiger partial charge in [0.25, 0.3) is 0 Å². The molecule has 0 aliphatic carbocycles. The van der Waals surface area contributed by atoms with Crippen molar-refractivity contribution in [1.29, 1.82) is 0 Å². The summed E-state index contributed by atoms with van der Waals surface area (Å²) in [4.78, 5) is 0. The molecule has 0 unspecified atom stereocenters. The lowest BCUT2D eigenvalue weighted by atomic mass is 10.2. The van der Waals surface area contributed by atoms with E-state index in [0.29, 0.717) is 0 Å². The van der Waals surface area contributed by atoms with Crippen molar-refractivity contribution >= 4 is 0 Å². The molecule has 0 radical (unpaired) electrons. The lowest BCUT2D eigenvalue weighted by Gasteiger charge is -1.86. The molecule has 9 heavy (non-hydrogen) atoms. The second kappa shape index (κ2) is 3.96. The van der Waals surface area contributed by atoms with Crippen LogP contribution in [0.2, 0.25) is 0 Å². The van der Waals surface area contributed by atoms with Crippen LogP contribution in [0, 0.1) is 0 Å². The average Bonchev–Trinajstić information content (AvgIpc) is 1.83. The van der Waals surface area contributed by atoms with Crippen molar-refractivity contribution in [2.24, 2.45) is 0 Å². The van der Waals surface area contributed by atoms with E-state index in [1.807, 2.05) is 26.0 Å². The fourth-order valence-electron chi connectivity index (χ4n) is 0.324. The minimum Gasteiger partial charge on any atom is -0.509 e. The molecular weight excluding hydrogens is 112 g/mol. The third-order valence-corrected chi connectivity index (χ3v) is 0.994. The molecular formula is C8H12O. The zero-order valence-electron chi connectivity index (χ0n) is 5.89. The van der Waals surface area contributed by atoms with E-state index in [2.05, 4.69) is 6.58 Å². The molecule has 0 amide bonds. The molecule has 0 aromatic heterocycles. The van der Waals surface area contributed by atoms with E-state index in [4.69, 9.17) is 5.11 Å². The normalized spacial score (nSPS) is 12.4. The fraction of sp³-hybridized carbons (Fsp3) is 0.250. The zero-order valence-corrected chi connectivity index (χ0v) is 5.89. The molecule has 0 aliphatic heterocycles. The maximum atomic E-state index is 8.59. The maximum Gasteiger partial charge on any atom is 0.108 e. The second-order valence-electron chi connectivity index (χ2n) is 1.86. The molecule has 0 heterocycles. The summed E-state index contributed by atoms with van der Waals surface area (Å²) in [5.41, 5.74) is 1.12. The quantitative estimate of drug-likeness (QED) is 0.443. The second-order valence-corrected chi connectivity index (χ2v) is 1.86. The van der Waals surface area contributed by atoms with E-state index >= 15 is 0 Å². The van der Waals surface area contributed by atoms with Gasteiger partial charge >= 0.3 is 0 Å². The van der Waals surface area contributed by atoms with E-state index in [1.165, 1.54) is 0 Å². The Morgan fingerprint density at radius 2 is 2.00 bits per heavy atom. The van der Waals surface area contributed by atoms with Crippen molar-refractivity contribution < 1.29 is 5.11 Å². The molecule has 1 heteroatoms. The standard InChI is InChI=1S/C8H12O/c1-4-7(2)5-6-8(3)9/h4-6,9H,3H2,1-2H3/b6-5-,7-4-.